The van der Waals surface area contributed by atoms with Crippen LogP contribution in [-0.4, -0.2) is 44.8 Å². The second kappa shape index (κ2) is 9.35. The minimum atomic E-state index is -2.03. The summed E-state index contributed by atoms with van der Waals surface area (Å²) in [5, 5.41) is 0.0731. The summed E-state index contributed by atoms with van der Waals surface area (Å²) in [6, 6.07) is 0. The molecule has 7 heteroatoms. The summed E-state index contributed by atoms with van der Waals surface area (Å²) < 4.78 is 25.1. The lowest BCUT2D eigenvalue weighted by Gasteiger charge is -2.47. The van der Waals surface area contributed by atoms with Crippen molar-refractivity contribution >= 4 is 21.4 Å². The molecule has 0 aromatic carbocycles. The maximum Gasteiger partial charge on any atom is 0.457 e. The van der Waals surface area contributed by atoms with E-state index in [1.807, 2.05) is 20.8 Å². The van der Waals surface area contributed by atoms with Crippen molar-refractivity contribution < 1.29 is 23.3 Å². The van der Waals surface area contributed by atoms with Crippen LogP contribution < -0.4 is 0 Å². The summed E-state index contributed by atoms with van der Waals surface area (Å²) in [6.07, 6.45) is 3.69. The van der Waals surface area contributed by atoms with Crippen LogP contribution in [0.4, 0.5) is 0 Å². The number of rotatable bonds is 7. The van der Waals surface area contributed by atoms with Crippen molar-refractivity contribution in [3.05, 3.63) is 0 Å². The molecule has 0 aromatic heterocycles. The Labute approximate surface area is 198 Å². The summed E-state index contributed by atoms with van der Waals surface area (Å²) in [4.78, 5) is 12.6. The van der Waals surface area contributed by atoms with Gasteiger partial charge in [0.15, 0.2) is 8.32 Å². The smallest absolute Gasteiger partial charge is 0.457 e. The lowest BCUT2D eigenvalue weighted by atomic mass is 9.63. The molecular formula is C25H49BO5Si. The predicted octanol–water partition coefficient (Wildman–Crippen LogP) is 6.62. The molecule has 5 nitrogen and oxygen atoms in total. The molecule has 186 valence electrons. The third-order valence-corrected chi connectivity index (χ3v) is 12.4. The molecule has 0 N–H and O–H groups in total. The van der Waals surface area contributed by atoms with E-state index in [1.165, 1.54) is 0 Å². The SMILES string of the molecule is C[C@H]1CC2OB(CCC(CC(=O)OC(C)(C)C)O[Si](C)(C)C(C)(C)C)O[C@@]2(C)CC1(C)C. The molecule has 2 fully saturated rings. The van der Waals surface area contributed by atoms with E-state index in [2.05, 4.69) is 61.6 Å². The van der Waals surface area contributed by atoms with Gasteiger partial charge in [-0.15, -0.1) is 0 Å². The average molecular weight is 469 g/mol. The quantitative estimate of drug-likeness (QED) is 0.311. The largest absolute Gasteiger partial charge is 0.460 e. The monoisotopic (exact) mass is 468 g/mol. The van der Waals surface area contributed by atoms with Gasteiger partial charge >= 0.3 is 13.1 Å². The minimum absolute atomic E-state index is 0.0731. The molecule has 1 aliphatic heterocycles. The maximum atomic E-state index is 12.6. The van der Waals surface area contributed by atoms with Gasteiger partial charge in [0.25, 0.3) is 0 Å². The standard InChI is InChI=1S/C25H49BO5Si/c1-18-15-20-25(10,17-24(18,8)9)31-26(29-20)14-13-19(16-21(27)28-22(2,3)4)30-32(11,12)23(5,6)7/h18-20H,13-17H2,1-12H3/t18-,19?,20?,25-/m0/s1. The van der Waals surface area contributed by atoms with E-state index < -0.39 is 13.9 Å². The summed E-state index contributed by atoms with van der Waals surface area (Å²) >= 11 is 0. The normalized spacial score (nSPS) is 29.6. The average Bonchev–Trinajstić information content (AvgIpc) is 2.84. The van der Waals surface area contributed by atoms with E-state index in [1.54, 1.807) is 0 Å². The Bertz CT molecular complexity index is 666. The number of esters is 1. The first-order chi connectivity index (χ1) is 14.2. The Kier molecular flexibility index (Phi) is 8.14. The molecule has 2 aliphatic rings. The van der Waals surface area contributed by atoms with Crippen LogP contribution in [0.2, 0.25) is 24.5 Å². The van der Waals surface area contributed by atoms with Gasteiger partial charge in [0.2, 0.25) is 0 Å². The number of ether oxygens (including phenoxy) is 1. The van der Waals surface area contributed by atoms with E-state index in [-0.39, 0.29) is 47.8 Å². The predicted molar refractivity (Wildman–Crippen MR) is 134 cm³/mol. The van der Waals surface area contributed by atoms with Crippen LogP contribution in [0.15, 0.2) is 0 Å². The van der Waals surface area contributed by atoms with Crippen LogP contribution in [0, 0.1) is 11.3 Å². The molecule has 0 spiro atoms. The Balaban J connectivity index is 2.05. The summed E-state index contributed by atoms with van der Waals surface area (Å²) in [6.45, 7) is 26.0. The minimum Gasteiger partial charge on any atom is -0.460 e. The highest BCUT2D eigenvalue weighted by molar-refractivity contribution is 6.74. The van der Waals surface area contributed by atoms with Crippen molar-refractivity contribution in [3.63, 3.8) is 0 Å². The van der Waals surface area contributed by atoms with Crippen LogP contribution in [0.5, 0.6) is 0 Å². The first-order valence-corrected chi connectivity index (χ1v) is 15.4. The zero-order chi connectivity index (χ0) is 24.8. The Hall–Kier alpha value is -0.368. The maximum absolute atomic E-state index is 12.6. The molecule has 0 bridgehead atoms. The van der Waals surface area contributed by atoms with Gasteiger partial charge in [-0.05, 0) is 82.7 Å². The molecular weight excluding hydrogens is 419 g/mol. The fraction of sp³-hybridized carbons (Fsp3) is 0.960. The van der Waals surface area contributed by atoms with Crippen LogP contribution >= 0.6 is 0 Å². The third kappa shape index (κ3) is 7.07. The molecule has 32 heavy (non-hydrogen) atoms. The Morgan fingerprint density at radius 2 is 1.75 bits per heavy atom. The molecule has 0 radical (unpaired) electrons. The van der Waals surface area contributed by atoms with Gasteiger partial charge in [-0.3, -0.25) is 4.79 Å². The van der Waals surface area contributed by atoms with Gasteiger partial charge in [-0.1, -0.05) is 41.5 Å². The van der Waals surface area contributed by atoms with Crippen molar-refractivity contribution in [3.8, 4) is 0 Å². The van der Waals surface area contributed by atoms with Crippen molar-refractivity contribution in [2.45, 2.75) is 143 Å². The van der Waals surface area contributed by atoms with Crippen molar-refractivity contribution in [2.24, 2.45) is 11.3 Å². The highest BCUT2D eigenvalue weighted by atomic mass is 28.4. The van der Waals surface area contributed by atoms with E-state index in [0.29, 0.717) is 5.92 Å². The summed E-state index contributed by atoms with van der Waals surface area (Å²) in [5.74, 6) is 0.399. The topological polar surface area (TPSA) is 54.0 Å². The Morgan fingerprint density at radius 1 is 1.16 bits per heavy atom. The number of hydrogen-bond acceptors (Lipinski definition) is 5. The lowest BCUT2D eigenvalue weighted by Crippen LogP contribution is -2.49. The number of hydrogen-bond donors (Lipinski definition) is 0. The summed E-state index contributed by atoms with van der Waals surface area (Å²) in [7, 11) is -2.27. The lowest BCUT2D eigenvalue weighted by molar-refractivity contribution is -0.156. The zero-order valence-corrected chi connectivity index (χ0v) is 23.9. The number of carbonyl (C=O) groups is 1. The Morgan fingerprint density at radius 3 is 2.28 bits per heavy atom. The van der Waals surface area contributed by atoms with Crippen LogP contribution in [0.25, 0.3) is 0 Å². The van der Waals surface area contributed by atoms with Gasteiger partial charge in [-0.2, -0.15) is 0 Å². The van der Waals surface area contributed by atoms with E-state index in [0.717, 1.165) is 25.6 Å². The molecule has 1 aliphatic carbocycles. The fourth-order valence-corrected chi connectivity index (χ4v) is 6.11. The molecule has 4 atom stereocenters. The molecule has 1 saturated carbocycles. The highest BCUT2D eigenvalue weighted by Crippen LogP contribution is 2.51. The molecule has 1 saturated heterocycles. The third-order valence-electron chi connectivity index (χ3n) is 7.91. The van der Waals surface area contributed by atoms with Crippen LogP contribution in [0.1, 0.15) is 94.9 Å². The zero-order valence-electron chi connectivity index (χ0n) is 22.9. The fourth-order valence-electron chi connectivity index (χ4n) is 4.72. The highest BCUT2D eigenvalue weighted by Gasteiger charge is 2.55. The van der Waals surface area contributed by atoms with Crippen LogP contribution in [-0.2, 0) is 23.3 Å². The summed E-state index contributed by atoms with van der Waals surface area (Å²) in [5.41, 5.74) is -0.486. The van der Waals surface area contributed by atoms with Gasteiger partial charge in [0.1, 0.15) is 5.60 Å². The van der Waals surface area contributed by atoms with E-state index in [4.69, 9.17) is 18.5 Å². The van der Waals surface area contributed by atoms with Crippen LogP contribution in [0.3, 0.4) is 0 Å². The van der Waals surface area contributed by atoms with Gasteiger partial charge in [-0.25, -0.2) is 0 Å². The van der Waals surface area contributed by atoms with E-state index >= 15 is 0 Å². The van der Waals surface area contributed by atoms with E-state index in [9.17, 15) is 4.79 Å². The second-order valence-corrected chi connectivity index (χ2v) is 18.4. The molecule has 0 amide bonds. The molecule has 1 heterocycles. The number of carbonyl (C=O) groups excluding carboxylic acids is 1. The van der Waals surface area contributed by atoms with Crippen molar-refractivity contribution in [2.75, 3.05) is 0 Å². The van der Waals surface area contributed by atoms with Crippen molar-refractivity contribution in [1.82, 2.24) is 0 Å². The molecule has 2 unspecified atom stereocenters. The molecule has 0 aromatic rings. The first kappa shape index (κ1) is 27.9. The molecule has 2 rings (SSSR count). The first-order valence-electron chi connectivity index (χ1n) is 12.5. The van der Waals surface area contributed by atoms with Gasteiger partial charge in [0, 0.05) is 0 Å². The van der Waals surface area contributed by atoms with Crippen molar-refractivity contribution in [1.29, 1.82) is 0 Å². The number of fused-ring (bicyclic) bond motifs is 1. The van der Waals surface area contributed by atoms with Gasteiger partial charge < -0.3 is 18.5 Å². The van der Waals surface area contributed by atoms with Gasteiger partial charge in [0.05, 0.1) is 24.2 Å². The second-order valence-electron chi connectivity index (χ2n) is 13.7.